The average Bonchev–Trinajstić information content (AvgIpc) is 2.42. The summed E-state index contributed by atoms with van der Waals surface area (Å²) in [5, 5.41) is 0. The Kier molecular flexibility index (Phi) is 4.82. The minimum absolute atomic E-state index is 0.0416. The minimum atomic E-state index is 0.0416. The number of nitrogens with two attached hydrogens (primary N) is 1. The molecule has 2 N–H and O–H groups in total. The third-order valence-electron chi connectivity index (χ3n) is 3.47. The van der Waals surface area contributed by atoms with Crippen LogP contribution in [0, 0.1) is 5.92 Å². The number of nitrogens with zero attached hydrogens (tertiary/aromatic N) is 1. The van der Waals surface area contributed by atoms with E-state index >= 15 is 0 Å². The SMILES string of the molecule is COCC1CCCN(C(=O)c2cccc(N)c2Br)C1. The molecule has 1 fully saturated rings. The number of nitrogen functional groups attached to an aromatic ring is 1. The van der Waals surface area contributed by atoms with Crippen molar-refractivity contribution in [3.63, 3.8) is 0 Å². The van der Waals surface area contributed by atoms with Gasteiger partial charge in [0.2, 0.25) is 0 Å². The molecule has 104 valence electrons. The molecule has 0 aromatic heterocycles. The van der Waals surface area contributed by atoms with Gasteiger partial charge in [-0.1, -0.05) is 6.07 Å². The number of ether oxygens (including phenoxy) is 1. The fourth-order valence-electron chi connectivity index (χ4n) is 2.51. The van der Waals surface area contributed by atoms with Gasteiger partial charge in [0, 0.05) is 25.9 Å². The number of hydrogen-bond acceptors (Lipinski definition) is 3. The highest BCUT2D eigenvalue weighted by Crippen LogP contribution is 2.26. The Labute approximate surface area is 122 Å². The topological polar surface area (TPSA) is 55.6 Å². The lowest BCUT2D eigenvalue weighted by Crippen LogP contribution is -2.41. The second kappa shape index (κ2) is 6.39. The summed E-state index contributed by atoms with van der Waals surface area (Å²) in [6, 6.07) is 5.40. The first-order chi connectivity index (χ1) is 9.13. The normalized spacial score (nSPS) is 19.5. The van der Waals surface area contributed by atoms with E-state index in [4.69, 9.17) is 10.5 Å². The first-order valence-electron chi connectivity index (χ1n) is 6.45. The highest BCUT2D eigenvalue weighted by atomic mass is 79.9. The van der Waals surface area contributed by atoms with Crippen molar-refractivity contribution >= 4 is 27.5 Å². The summed E-state index contributed by atoms with van der Waals surface area (Å²) in [7, 11) is 1.70. The van der Waals surface area contributed by atoms with E-state index < -0.39 is 0 Å². The Balaban J connectivity index is 2.12. The lowest BCUT2D eigenvalue weighted by molar-refractivity contribution is 0.0570. The number of halogens is 1. The molecule has 0 bridgehead atoms. The fraction of sp³-hybridized carbons (Fsp3) is 0.500. The van der Waals surface area contributed by atoms with Crippen molar-refractivity contribution in [2.45, 2.75) is 12.8 Å². The molecule has 5 heteroatoms. The molecule has 1 amide bonds. The van der Waals surface area contributed by atoms with E-state index in [1.165, 1.54) is 0 Å². The Morgan fingerprint density at radius 3 is 3.11 bits per heavy atom. The van der Waals surface area contributed by atoms with Crippen molar-refractivity contribution in [2.24, 2.45) is 5.92 Å². The van der Waals surface area contributed by atoms with Crippen molar-refractivity contribution in [3.05, 3.63) is 28.2 Å². The Morgan fingerprint density at radius 1 is 1.58 bits per heavy atom. The molecule has 0 spiro atoms. The second-order valence-electron chi connectivity index (χ2n) is 4.92. The Bertz CT molecular complexity index is 463. The van der Waals surface area contributed by atoms with Crippen LogP contribution in [0.1, 0.15) is 23.2 Å². The van der Waals surface area contributed by atoms with Crippen LogP contribution in [0.25, 0.3) is 0 Å². The van der Waals surface area contributed by atoms with Crippen molar-refractivity contribution in [1.82, 2.24) is 4.90 Å². The molecule has 1 aromatic rings. The Morgan fingerprint density at radius 2 is 2.37 bits per heavy atom. The molecule has 1 heterocycles. The maximum absolute atomic E-state index is 12.5. The smallest absolute Gasteiger partial charge is 0.255 e. The van der Waals surface area contributed by atoms with Gasteiger partial charge in [-0.15, -0.1) is 0 Å². The van der Waals surface area contributed by atoms with Crippen LogP contribution in [0.15, 0.2) is 22.7 Å². The fourth-order valence-corrected chi connectivity index (χ4v) is 2.94. The molecule has 2 rings (SSSR count). The van der Waals surface area contributed by atoms with Crippen LogP contribution in [0.2, 0.25) is 0 Å². The number of hydrogen-bond donors (Lipinski definition) is 1. The van der Waals surface area contributed by atoms with Gasteiger partial charge in [0.15, 0.2) is 0 Å². The Hall–Kier alpha value is -1.07. The molecule has 1 saturated heterocycles. The molecule has 1 aliphatic heterocycles. The number of carbonyl (C=O) groups excluding carboxylic acids is 1. The number of methoxy groups -OCH3 is 1. The number of benzene rings is 1. The third-order valence-corrected chi connectivity index (χ3v) is 4.35. The summed E-state index contributed by atoms with van der Waals surface area (Å²) in [5.74, 6) is 0.475. The molecule has 1 aliphatic rings. The summed E-state index contributed by atoms with van der Waals surface area (Å²) in [4.78, 5) is 14.4. The molecule has 1 unspecified atom stereocenters. The van der Waals surface area contributed by atoms with E-state index in [1.54, 1.807) is 13.2 Å². The highest BCUT2D eigenvalue weighted by Gasteiger charge is 2.25. The molecule has 0 aliphatic carbocycles. The molecule has 0 radical (unpaired) electrons. The maximum Gasteiger partial charge on any atom is 0.255 e. The van der Waals surface area contributed by atoms with Gasteiger partial charge in [-0.25, -0.2) is 0 Å². The molecule has 19 heavy (non-hydrogen) atoms. The van der Waals surface area contributed by atoms with Crippen LogP contribution >= 0.6 is 15.9 Å². The van der Waals surface area contributed by atoms with Crippen LogP contribution < -0.4 is 5.73 Å². The number of rotatable bonds is 3. The van der Waals surface area contributed by atoms with Crippen molar-refractivity contribution in [1.29, 1.82) is 0 Å². The summed E-state index contributed by atoms with van der Waals surface area (Å²) >= 11 is 3.40. The summed E-state index contributed by atoms with van der Waals surface area (Å²) < 4.78 is 5.88. The van der Waals surface area contributed by atoms with E-state index in [2.05, 4.69) is 15.9 Å². The average molecular weight is 327 g/mol. The van der Waals surface area contributed by atoms with E-state index in [9.17, 15) is 4.79 Å². The molecular weight excluding hydrogens is 308 g/mol. The summed E-state index contributed by atoms with van der Waals surface area (Å²) in [5.41, 5.74) is 7.06. The van der Waals surface area contributed by atoms with E-state index in [0.29, 0.717) is 28.2 Å². The monoisotopic (exact) mass is 326 g/mol. The van der Waals surface area contributed by atoms with Crippen LogP contribution in [0.4, 0.5) is 5.69 Å². The second-order valence-corrected chi connectivity index (χ2v) is 5.72. The third kappa shape index (κ3) is 3.28. The molecule has 0 saturated carbocycles. The predicted octanol–water partition coefficient (Wildman–Crippen LogP) is 2.53. The lowest BCUT2D eigenvalue weighted by atomic mass is 9.98. The van der Waals surface area contributed by atoms with Gasteiger partial charge in [-0.2, -0.15) is 0 Å². The zero-order valence-electron chi connectivity index (χ0n) is 11.1. The van der Waals surface area contributed by atoms with Gasteiger partial charge >= 0.3 is 0 Å². The zero-order valence-corrected chi connectivity index (χ0v) is 12.6. The summed E-state index contributed by atoms with van der Waals surface area (Å²) in [6.07, 6.45) is 2.15. The van der Waals surface area contributed by atoms with E-state index in [1.807, 2.05) is 17.0 Å². The van der Waals surface area contributed by atoms with Gasteiger partial charge in [0.25, 0.3) is 5.91 Å². The number of likely N-dealkylation sites (tertiary alicyclic amines) is 1. The number of amides is 1. The largest absolute Gasteiger partial charge is 0.398 e. The number of piperidine rings is 1. The van der Waals surface area contributed by atoms with Gasteiger partial charge in [0.1, 0.15) is 0 Å². The standard InChI is InChI=1S/C14H19BrN2O2/c1-19-9-10-4-3-7-17(8-10)14(18)11-5-2-6-12(16)13(11)15/h2,5-6,10H,3-4,7-9,16H2,1H3. The van der Waals surface area contributed by atoms with Crippen LogP contribution in [0.5, 0.6) is 0 Å². The maximum atomic E-state index is 12.5. The lowest BCUT2D eigenvalue weighted by Gasteiger charge is -2.32. The van der Waals surface area contributed by atoms with E-state index in [0.717, 1.165) is 25.9 Å². The quantitative estimate of drug-likeness (QED) is 0.868. The predicted molar refractivity (Wildman–Crippen MR) is 79.1 cm³/mol. The summed E-state index contributed by atoms with van der Waals surface area (Å²) in [6.45, 7) is 2.27. The van der Waals surface area contributed by atoms with Crippen molar-refractivity contribution in [3.8, 4) is 0 Å². The van der Waals surface area contributed by atoms with Crippen LogP contribution in [0.3, 0.4) is 0 Å². The van der Waals surface area contributed by atoms with Crippen LogP contribution in [-0.2, 0) is 4.74 Å². The molecule has 4 nitrogen and oxygen atoms in total. The first kappa shape index (κ1) is 14.3. The molecule has 1 atom stereocenters. The van der Waals surface area contributed by atoms with Gasteiger partial charge in [0.05, 0.1) is 16.6 Å². The molecular formula is C14H19BrN2O2. The van der Waals surface area contributed by atoms with Crippen LogP contribution in [-0.4, -0.2) is 37.6 Å². The highest BCUT2D eigenvalue weighted by molar-refractivity contribution is 9.10. The number of carbonyl (C=O) groups is 1. The molecule has 1 aromatic carbocycles. The minimum Gasteiger partial charge on any atom is -0.398 e. The number of anilines is 1. The van der Waals surface area contributed by atoms with Gasteiger partial charge in [-0.05, 0) is 46.8 Å². The van der Waals surface area contributed by atoms with Gasteiger partial charge < -0.3 is 15.4 Å². The van der Waals surface area contributed by atoms with E-state index in [-0.39, 0.29) is 5.91 Å². The zero-order chi connectivity index (χ0) is 13.8. The van der Waals surface area contributed by atoms with Gasteiger partial charge in [-0.3, -0.25) is 4.79 Å². The van der Waals surface area contributed by atoms with Crippen molar-refractivity contribution < 1.29 is 9.53 Å². The first-order valence-corrected chi connectivity index (χ1v) is 7.25. The van der Waals surface area contributed by atoms with Crippen molar-refractivity contribution in [2.75, 3.05) is 32.5 Å².